The first kappa shape index (κ1) is 17.9. The molecule has 25 heavy (non-hydrogen) atoms. The molecule has 1 aliphatic rings. The number of aliphatic hydroxyl groups excluding tert-OH is 1. The van der Waals surface area contributed by atoms with Crippen molar-refractivity contribution in [3.63, 3.8) is 0 Å². The molecule has 0 saturated carbocycles. The van der Waals surface area contributed by atoms with Crippen LogP contribution < -0.4 is 5.32 Å². The number of anilines is 1. The van der Waals surface area contributed by atoms with Gasteiger partial charge in [-0.2, -0.15) is 0 Å². The minimum Gasteiger partial charge on any atom is -0.467 e. The summed E-state index contributed by atoms with van der Waals surface area (Å²) < 4.78 is 24.3. The second-order valence-electron chi connectivity index (χ2n) is 6.45. The highest BCUT2D eigenvalue weighted by molar-refractivity contribution is 5.45. The largest absolute Gasteiger partial charge is 0.467 e. The first-order valence-corrected chi connectivity index (χ1v) is 8.72. The smallest absolute Gasteiger partial charge is 0.146 e. The van der Waals surface area contributed by atoms with Crippen LogP contribution in [0, 0.1) is 5.82 Å². The molecule has 1 aromatic heterocycles. The van der Waals surface area contributed by atoms with Gasteiger partial charge < -0.3 is 24.5 Å². The Labute approximate surface area is 147 Å². The molecule has 2 heterocycles. The highest BCUT2D eigenvalue weighted by atomic mass is 19.1. The van der Waals surface area contributed by atoms with Crippen molar-refractivity contribution in [2.45, 2.75) is 31.6 Å². The summed E-state index contributed by atoms with van der Waals surface area (Å²) in [5.74, 6) is 0.543. The summed E-state index contributed by atoms with van der Waals surface area (Å²) in [4.78, 5) is 2.22. The van der Waals surface area contributed by atoms with Crippen molar-refractivity contribution in [1.29, 1.82) is 0 Å². The van der Waals surface area contributed by atoms with Crippen molar-refractivity contribution >= 4 is 5.69 Å². The molecular weight excluding hydrogens is 323 g/mol. The van der Waals surface area contributed by atoms with Crippen LogP contribution in [0.5, 0.6) is 0 Å². The van der Waals surface area contributed by atoms with Crippen molar-refractivity contribution in [2.75, 3.05) is 31.6 Å². The van der Waals surface area contributed by atoms with Gasteiger partial charge in [0, 0.05) is 25.7 Å². The molecule has 0 amide bonds. The van der Waals surface area contributed by atoms with E-state index in [2.05, 4.69) is 10.2 Å². The molecule has 0 aliphatic carbocycles. The maximum absolute atomic E-state index is 13.7. The zero-order chi connectivity index (χ0) is 17.5. The van der Waals surface area contributed by atoms with Gasteiger partial charge in [0.1, 0.15) is 18.2 Å². The lowest BCUT2D eigenvalue weighted by Crippen LogP contribution is -2.43. The fraction of sp³-hybridized carbons (Fsp3) is 0.474. The molecular formula is C19H25FN2O3. The average Bonchev–Trinajstić information content (AvgIpc) is 3.12. The normalized spacial score (nSPS) is 17.5. The Morgan fingerprint density at radius 1 is 1.24 bits per heavy atom. The number of furan rings is 1. The third kappa shape index (κ3) is 5.56. The lowest BCUT2D eigenvalue weighted by Gasteiger charge is -2.33. The van der Waals surface area contributed by atoms with Gasteiger partial charge >= 0.3 is 0 Å². The Balaban J connectivity index is 1.34. The molecule has 1 atom stereocenters. The van der Waals surface area contributed by atoms with Crippen molar-refractivity contribution in [3.8, 4) is 0 Å². The Bertz CT molecular complexity index is 627. The minimum atomic E-state index is -0.522. The fourth-order valence-corrected chi connectivity index (χ4v) is 3.10. The Morgan fingerprint density at radius 2 is 2.04 bits per heavy atom. The molecule has 1 aromatic carbocycles. The van der Waals surface area contributed by atoms with Crippen LogP contribution in [0.3, 0.4) is 0 Å². The molecule has 1 fully saturated rings. The van der Waals surface area contributed by atoms with E-state index in [0.717, 1.165) is 31.7 Å². The molecule has 1 aliphatic heterocycles. The van der Waals surface area contributed by atoms with E-state index >= 15 is 0 Å². The zero-order valence-corrected chi connectivity index (χ0v) is 14.2. The van der Waals surface area contributed by atoms with E-state index in [1.165, 1.54) is 6.07 Å². The average molecular weight is 348 g/mol. The molecule has 0 bridgehead atoms. The number of nitrogens with one attached hydrogen (secondary N) is 1. The number of para-hydroxylation sites is 1. The van der Waals surface area contributed by atoms with Gasteiger partial charge in [0.15, 0.2) is 0 Å². The summed E-state index contributed by atoms with van der Waals surface area (Å²) in [5.41, 5.74) is 0.562. The first-order valence-electron chi connectivity index (χ1n) is 8.72. The molecule has 6 heteroatoms. The predicted molar refractivity (Wildman–Crippen MR) is 93.9 cm³/mol. The first-order chi connectivity index (χ1) is 12.2. The van der Waals surface area contributed by atoms with Gasteiger partial charge in [-0.05, 0) is 37.1 Å². The third-order valence-electron chi connectivity index (χ3n) is 4.42. The van der Waals surface area contributed by atoms with Crippen LogP contribution in [0.2, 0.25) is 0 Å². The molecule has 0 radical (unpaired) electrons. The van der Waals surface area contributed by atoms with Gasteiger partial charge in [-0.1, -0.05) is 12.1 Å². The van der Waals surface area contributed by atoms with Crippen molar-refractivity contribution in [2.24, 2.45) is 0 Å². The Morgan fingerprint density at radius 3 is 2.76 bits per heavy atom. The van der Waals surface area contributed by atoms with Crippen molar-refractivity contribution in [1.82, 2.24) is 4.90 Å². The number of β-amino-alcohol motifs (C(OH)–C–C–N with tert-alkyl or cyclic N) is 1. The molecule has 2 N–H and O–H groups in total. The Hall–Kier alpha value is -1.89. The number of aliphatic hydroxyl groups is 1. The lowest BCUT2D eigenvalue weighted by molar-refractivity contribution is 0.00213. The van der Waals surface area contributed by atoms with Crippen LogP contribution in [0.25, 0.3) is 0 Å². The second-order valence-corrected chi connectivity index (χ2v) is 6.45. The van der Waals surface area contributed by atoms with Crippen molar-refractivity contribution in [3.05, 3.63) is 54.2 Å². The second kappa shape index (κ2) is 8.99. The molecule has 136 valence electrons. The summed E-state index contributed by atoms with van der Waals surface area (Å²) in [7, 11) is 0. The molecule has 2 aromatic rings. The van der Waals surface area contributed by atoms with E-state index in [4.69, 9.17) is 9.15 Å². The van der Waals surface area contributed by atoms with Crippen LogP contribution in [0.4, 0.5) is 10.1 Å². The maximum Gasteiger partial charge on any atom is 0.146 e. The van der Waals surface area contributed by atoms with Gasteiger partial charge in [-0.3, -0.25) is 0 Å². The number of benzene rings is 1. The summed E-state index contributed by atoms with van der Waals surface area (Å²) in [6.45, 7) is 3.00. The van der Waals surface area contributed by atoms with E-state index in [0.29, 0.717) is 18.8 Å². The number of hydrogen-bond donors (Lipinski definition) is 2. The minimum absolute atomic E-state index is 0.214. The van der Waals surface area contributed by atoms with Crippen LogP contribution >= 0.6 is 0 Å². The van der Waals surface area contributed by atoms with Crippen LogP contribution in [0.1, 0.15) is 18.6 Å². The lowest BCUT2D eigenvalue weighted by atomic mass is 10.0. The van der Waals surface area contributed by atoms with E-state index in [1.807, 2.05) is 18.2 Å². The van der Waals surface area contributed by atoms with E-state index in [-0.39, 0.29) is 18.5 Å². The highest BCUT2D eigenvalue weighted by Gasteiger charge is 2.21. The van der Waals surface area contributed by atoms with Crippen LogP contribution in [-0.2, 0) is 11.3 Å². The summed E-state index contributed by atoms with van der Waals surface area (Å²) in [5, 5.41) is 13.4. The highest BCUT2D eigenvalue weighted by Crippen LogP contribution is 2.19. The van der Waals surface area contributed by atoms with E-state index < -0.39 is 6.10 Å². The number of nitrogens with zero attached hydrogens (tertiary/aromatic N) is 1. The number of ether oxygens (including phenoxy) is 1. The standard InChI is InChI=1S/C19H25FN2O3/c20-18-5-1-2-6-19(18)21-15-7-9-22(10-8-15)12-16(23)13-24-14-17-4-3-11-25-17/h1-6,11,15-16,21,23H,7-10,12-14H2. The zero-order valence-electron chi connectivity index (χ0n) is 14.2. The van der Waals surface area contributed by atoms with Gasteiger partial charge in [0.2, 0.25) is 0 Å². The molecule has 1 unspecified atom stereocenters. The third-order valence-corrected chi connectivity index (χ3v) is 4.42. The van der Waals surface area contributed by atoms with Crippen LogP contribution in [0.15, 0.2) is 47.1 Å². The fourth-order valence-electron chi connectivity index (χ4n) is 3.10. The number of hydrogen-bond acceptors (Lipinski definition) is 5. The molecule has 1 saturated heterocycles. The summed E-state index contributed by atoms with van der Waals surface area (Å²) in [6, 6.07) is 10.7. The molecule has 3 rings (SSSR count). The summed E-state index contributed by atoms with van der Waals surface area (Å²) >= 11 is 0. The molecule has 0 spiro atoms. The van der Waals surface area contributed by atoms with Gasteiger partial charge in [-0.15, -0.1) is 0 Å². The number of likely N-dealkylation sites (tertiary alicyclic amines) is 1. The topological polar surface area (TPSA) is 57.9 Å². The van der Waals surface area contributed by atoms with E-state index in [9.17, 15) is 9.50 Å². The van der Waals surface area contributed by atoms with Gasteiger partial charge in [0.25, 0.3) is 0 Å². The SMILES string of the molecule is OC(COCc1ccco1)CN1CCC(Nc2ccccc2F)CC1. The number of rotatable bonds is 8. The van der Waals surface area contributed by atoms with E-state index in [1.54, 1.807) is 18.4 Å². The molecule has 5 nitrogen and oxygen atoms in total. The number of halogens is 1. The van der Waals surface area contributed by atoms with Gasteiger partial charge in [-0.25, -0.2) is 4.39 Å². The van der Waals surface area contributed by atoms with Crippen molar-refractivity contribution < 1.29 is 18.7 Å². The Kier molecular flexibility index (Phi) is 6.44. The quantitative estimate of drug-likeness (QED) is 0.768. The van der Waals surface area contributed by atoms with Crippen LogP contribution in [-0.4, -0.2) is 48.4 Å². The predicted octanol–water partition coefficient (Wildman–Crippen LogP) is 2.87. The summed E-state index contributed by atoms with van der Waals surface area (Å²) in [6.07, 6.45) is 2.93. The maximum atomic E-state index is 13.7. The number of piperidine rings is 1. The monoisotopic (exact) mass is 348 g/mol. The van der Waals surface area contributed by atoms with Gasteiger partial charge in [0.05, 0.1) is 24.7 Å².